The minimum atomic E-state index is -0.318. The zero-order chi connectivity index (χ0) is 15.2. The second-order valence-electron chi connectivity index (χ2n) is 6.82. The van der Waals surface area contributed by atoms with Crippen molar-refractivity contribution in [3.8, 4) is 0 Å². The molecule has 5 nitrogen and oxygen atoms in total. The second kappa shape index (κ2) is 5.25. The summed E-state index contributed by atoms with van der Waals surface area (Å²) in [4.78, 5) is 14.3. The van der Waals surface area contributed by atoms with Crippen molar-refractivity contribution in [3.05, 3.63) is 35.9 Å². The van der Waals surface area contributed by atoms with Crippen LogP contribution in [-0.4, -0.2) is 55.0 Å². The first-order valence-electron chi connectivity index (χ1n) is 8.03. The van der Waals surface area contributed by atoms with Gasteiger partial charge in [-0.2, -0.15) is 0 Å². The lowest BCUT2D eigenvalue weighted by Crippen LogP contribution is -2.43. The van der Waals surface area contributed by atoms with Gasteiger partial charge in [0.1, 0.15) is 0 Å². The lowest BCUT2D eigenvalue weighted by Gasteiger charge is -2.28. The van der Waals surface area contributed by atoms with E-state index in [1.54, 1.807) is 0 Å². The van der Waals surface area contributed by atoms with E-state index in [1.165, 1.54) is 0 Å². The highest BCUT2D eigenvalue weighted by molar-refractivity contribution is 5.75. The molecule has 2 amide bonds. The van der Waals surface area contributed by atoms with Crippen LogP contribution in [0.15, 0.2) is 30.3 Å². The van der Waals surface area contributed by atoms with E-state index in [-0.39, 0.29) is 18.1 Å². The third-order valence-electron chi connectivity index (χ3n) is 5.57. The van der Waals surface area contributed by atoms with Gasteiger partial charge in [-0.05, 0) is 12.0 Å². The van der Waals surface area contributed by atoms with Crippen LogP contribution in [-0.2, 0) is 10.2 Å². The van der Waals surface area contributed by atoms with Crippen LogP contribution in [0.4, 0.5) is 4.79 Å². The van der Waals surface area contributed by atoms with Crippen LogP contribution >= 0.6 is 0 Å². The molecule has 5 heteroatoms. The van der Waals surface area contributed by atoms with Gasteiger partial charge in [0.15, 0.2) is 0 Å². The minimum absolute atomic E-state index is 0.00524. The van der Waals surface area contributed by atoms with Crippen LogP contribution in [0.25, 0.3) is 0 Å². The number of benzene rings is 1. The number of amides is 2. The number of aliphatic hydroxyl groups excluding tert-OH is 1. The standard InChI is InChI=1S/C17H22N2O3/c20-11-17(12-4-2-1-3-5-12)6-7-19(10-17)16(21)18-15-13-8-22-9-14(13)15/h1-5,13-15,20H,6-11H2,(H,18,21)/t13-,14+,15?,17?. The Balaban J connectivity index is 1.41. The fourth-order valence-corrected chi connectivity index (χ4v) is 3.98. The monoisotopic (exact) mass is 302 g/mol. The highest BCUT2D eigenvalue weighted by atomic mass is 16.5. The highest BCUT2D eigenvalue weighted by Gasteiger charge is 2.55. The fourth-order valence-electron chi connectivity index (χ4n) is 3.98. The molecule has 0 bridgehead atoms. The number of fused-ring (bicyclic) bond motifs is 1. The van der Waals surface area contributed by atoms with Crippen molar-refractivity contribution in [2.24, 2.45) is 11.8 Å². The second-order valence-corrected chi connectivity index (χ2v) is 6.82. The minimum Gasteiger partial charge on any atom is -0.395 e. The maximum Gasteiger partial charge on any atom is 0.317 e. The molecular weight excluding hydrogens is 280 g/mol. The van der Waals surface area contributed by atoms with Crippen LogP contribution in [0.5, 0.6) is 0 Å². The molecule has 22 heavy (non-hydrogen) atoms. The molecule has 0 radical (unpaired) electrons. The van der Waals surface area contributed by atoms with Crippen LogP contribution in [0.3, 0.4) is 0 Å². The average Bonchev–Trinajstić information content (AvgIpc) is 2.99. The molecule has 2 N–H and O–H groups in total. The summed E-state index contributed by atoms with van der Waals surface area (Å²) in [5, 5.41) is 13.1. The molecule has 118 valence electrons. The maximum absolute atomic E-state index is 12.5. The van der Waals surface area contributed by atoms with Gasteiger partial charge in [-0.15, -0.1) is 0 Å². The van der Waals surface area contributed by atoms with Crippen LogP contribution in [0.1, 0.15) is 12.0 Å². The normalized spacial score (nSPS) is 36.2. The summed E-state index contributed by atoms with van der Waals surface area (Å²) in [5.74, 6) is 1.03. The molecule has 2 aliphatic heterocycles. The van der Waals surface area contributed by atoms with Gasteiger partial charge < -0.3 is 20.1 Å². The van der Waals surface area contributed by atoms with E-state index >= 15 is 0 Å². The van der Waals surface area contributed by atoms with E-state index in [4.69, 9.17) is 4.74 Å². The molecule has 1 saturated carbocycles. The maximum atomic E-state index is 12.5. The number of nitrogens with one attached hydrogen (secondary N) is 1. The Hall–Kier alpha value is -1.59. The highest BCUT2D eigenvalue weighted by Crippen LogP contribution is 2.44. The van der Waals surface area contributed by atoms with E-state index in [2.05, 4.69) is 5.32 Å². The smallest absolute Gasteiger partial charge is 0.317 e. The molecule has 2 unspecified atom stereocenters. The molecule has 1 aromatic carbocycles. The molecular formula is C17H22N2O3. The van der Waals surface area contributed by atoms with Gasteiger partial charge in [-0.25, -0.2) is 4.79 Å². The number of urea groups is 1. The van der Waals surface area contributed by atoms with E-state index in [0.29, 0.717) is 31.0 Å². The van der Waals surface area contributed by atoms with Crippen LogP contribution in [0, 0.1) is 11.8 Å². The number of nitrogens with zero attached hydrogens (tertiary/aromatic N) is 1. The van der Waals surface area contributed by atoms with E-state index in [9.17, 15) is 9.90 Å². The molecule has 3 aliphatic rings. The molecule has 2 heterocycles. The Bertz CT molecular complexity index is 554. The molecule has 1 aliphatic carbocycles. The third-order valence-corrected chi connectivity index (χ3v) is 5.57. The zero-order valence-electron chi connectivity index (χ0n) is 12.6. The number of carbonyl (C=O) groups excluding carboxylic acids is 1. The van der Waals surface area contributed by atoms with Crippen molar-refractivity contribution >= 4 is 6.03 Å². The Morgan fingerprint density at radius 2 is 2.05 bits per heavy atom. The van der Waals surface area contributed by atoms with Gasteiger partial charge in [0.25, 0.3) is 0 Å². The summed E-state index contributed by atoms with van der Waals surface area (Å²) < 4.78 is 5.35. The summed E-state index contributed by atoms with van der Waals surface area (Å²) in [7, 11) is 0. The van der Waals surface area contributed by atoms with Crippen molar-refractivity contribution < 1.29 is 14.6 Å². The van der Waals surface area contributed by atoms with Crippen molar-refractivity contribution in [1.82, 2.24) is 10.2 Å². The van der Waals surface area contributed by atoms with E-state index < -0.39 is 0 Å². The van der Waals surface area contributed by atoms with Crippen molar-refractivity contribution in [1.29, 1.82) is 0 Å². The lowest BCUT2D eigenvalue weighted by atomic mass is 9.80. The molecule has 4 rings (SSSR count). The molecule has 0 spiro atoms. The Labute approximate surface area is 130 Å². The molecule has 2 saturated heterocycles. The number of carbonyl (C=O) groups is 1. The van der Waals surface area contributed by atoms with E-state index in [1.807, 2.05) is 35.2 Å². The van der Waals surface area contributed by atoms with Gasteiger partial charge >= 0.3 is 6.03 Å². The zero-order valence-corrected chi connectivity index (χ0v) is 12.6. The summed E-state index contributed by atoms with van der Waals surface area (Å²) in [6.07, 6.45) is 0.807. The molecule has 0 aromatic heterocycles. The third kappa shape index (κ3) is 2.20. The lowest BCUT2D eigenvalue weighted by molar-refractivity contribution is 0.152. The SMILES string of the molecule is O=C(NC1[C@H]2COC[C@@H]12)N1CCC(CO)(c2ccccc2)C1. The van der Waals surface area contributed by atoms with Gasteiger partial charge in [-0.3, -0.25) is 0 Å². The number of hydrogen-bond acceptors (Lipinski definition) is 3. The van der Waals surface area contributed by atoms with Gasteiger partial charge in [0.2, 0.25) is 0 Å². The first-order valence-corrected chi connectivity index (χ1v) is 8.03. The number of ether oxygens (including phenoxy) is 1. The van der Waals surface area contributed by atoms with E-state index in [0.717, 1.165) is 25.2 Å². The molecule has 4 atom stereocenters. The first kappa shape index (κ1) is 14.0. The van der Waals surface area contributed by atoms with Gasteiger partial charge in [-0.1, -0.05) is 30.3 Å². The summed E-state index contributed by atoms with van der Waals surface area (Å²) >= 11 is 0. The average molecular weight is 302 g/mol. The molecule has 1 aromatic rings. The van der Waals surface area contributed by atoms with Gasteiger partial charge in [0, 0.05) is 36.4 Å². The predicted molar refractivity (Wildman–Crippen MR) is 81.5 cm³/mol. The number of aliphatic hydroxyl groups is 1. The van der Waals surface area contributed by atoms with Gasteiger partial charge in [0.05, 0.1) is 19.8 Å². The van der Waals surface area contributed by atoms with Crippen LogP contribution < -0.4 is 5.32 Å². The molecule has 3 fully saturated rings. The summed E-state index contributed by atoms with van der Waals surface area (Å²) in [6, 6.07) is 10.3. The topological polar surface area (TPSA) is 61.8 Å². The quantitative estimate of drug-likeness (QED) is 0.875. The first-order chi connectivity index (χ1) is 10.7. The van der Waals surface area contributed by atoms with Crippen LogP contribution in [0.2, 0.25) is 0 Å². The Kier molecular flexibility index (Phi) is 3.35. The summed E-state index contributed by atoms with van der Waals surface area (Å²) in [6.45, 7) is 2.90. The summed E-state index contributed by atoms with van der Waals surface area (Å²) in [5.41, 5.74) is 0.797. The Morgan fingerprint density at radius 1 is 1.32 bits per heavy atom. The number of likely N-dealkylation sites (tertiary alicyclic amines) is 1. The van der Waals surface area contributed by atoms with Crippen molar-refractivity contribution in [2.75, 3.05) is 32.9 Å². The number of rotatable bonds is 3. The predicted octanol–water partition coefficient (Wildman–Crippen LogP) is 0.977. The largest absolute Gasteiger partial charge is 0.395 e. The fraction of sp³-hybridized carbons (Fsp3) is 0.588. The van der Waals surface area contributed by atoms with Crippen molar-refractivity contribution in [2.45, 2.75) is 17.9 Å². The Morgan fingerprint density at radius 3 is 2.73 bits per heavy atom. The van der Waals surface area contributed by atoms with Crippen molar-refractivity contribution in [3.63, 3.8) is 0 Å². The number of hydrogen-bond donors (Lipinski definition) is 2.